The van der Waals surface area contributed by atoms with Crippen molar-refractivity contribution in [3.63, 3.8) is 0 Å². The largest absolute Gasteiger partial charge is 0.466 e. The van der Waals surface area contributed by atoms with E-state index in [9.17, 15) is 4.79 Å². The summed E-state index contributed by atoms with van der Waals surface area (Å²) in [5, 5.41) is 3.00. The fourth-order valence-electron chi connectivity index (χ4n) is 2.31. The average Bonchev–Trinajstić information content (AvgIpc) is 2.77. The summed E-state index contributed by atoms with van der Waals surface area (Å²) in [5.74, 6) is 1.71. The predicted octanol–water partition coefficient (Wildman–Crippen LogP) is 4.66. The first kappa shape index (κ1) is 14.4. The Kier molecular flexibility index (Phi) is 4.28. The second kappa shape index (κ2) is 5.95. The molecule has 0 fully saturated rings. The van der Waals surface area contributed by atoms with Gasteiger partial charge in [0.1, 0.15) is 11.5 Å². The minimum absolute atomic E-state index is 0.116. The molecule has 0 aliphatic rings. The third kappa shape index (κ3) is 2.93. The van der Waals surface area contributed by atoms with Crippen LogP contribution >= 0.6 is 0 Å². The number of anilines is 1. The Labute approximate surface area is 120 Å². The first-order chi connectivity index (χ1) is 9.52. The van der Waals surface area contributed by atoms with Gasteiger partial charge in [-0.2, -0.15) is 0 Å². The van der Waals surface area contributed by atoms with Crippen LogP contribution in [0.25, 0.3) is 0 Å². The fourth-order valence-corrected chi connectivity index (χ4v) is 2.31. The van der Waals surface area contributed by atoms with Crippen molar-refractivity contribution in [2.45, 2.75) is 40.0 Å². The van der Waals surface area contributed by atoms with Crippen LogP contribution in [0.3, 0.4) is 0 Å². The third-order valence-electron chi connectivity index (χ3n) is 3.64. The second-order valence-electron chi connectivity index (χ2n) is 5.18. The van der Waals surface area contributed by atoms with Crippen molar-refractivity contribution in [3.05, 3.63) is 53.0 Å². The lowest BCUT2D eigenvalue weighted by Gasteiger charge is -2.15. The molecule has 1 aromatic carbocycles. The maximum Gasteiger partial charge on any atom is 0.259 e. The van der Waals surface area contributed by atoms with Gasteiger partial charge in [0, 0.05) is 5.69 Å². The third-order valence-corrected chi connectivity index (χ3v) is 3.64. The molecule has 1 amide bonds. The van der Waals surface area contributed by atoms with E-state index in [1.54, 1.807) is 6.07 Å². The highest BCUT2D eigenvalue weighted by atomic mass is 16.3. The zero-order valence-corrected chi connectivity index (χ0v) is 12.5. The average molecular weight is 271 g/mol. The molecule has 106 valence electrons. The molecule has 1 unspecified atom stereocenters. The zero-order chi connectivity index (χ0) is 14.7. The fraction of sp³-hybridized carbons (Fsp3) is 0.353. The number of benzene rings is 1. The van der Waals surface area contributed by atoms with E-state index in [1.165, 1.54) is 5.56 Å². The topological polar surface area (TPSA) is 42.2 Å². The highest BCUT2D eigenvalue weighted by Gasteiger charge is 2.16. The number of para-hydroxylation sites is 1. The van der Waals surface area contributed by atoms with E-state index in [0.717, 1.165) is 17.9 Å². The van der Waals surface area contributed by atoms with E-state index in [2.05, 4.69) is 25.2 Å². The van der Waals surface area contributed by atoms with Gasteiger partial charge < -0.3 is 9.73 Å². The minimum atomic E-state index is -0.116. The van der Waals surface area contributed by atoms with Gasteiger partial charge in [0.2, 0.25) is 0 Å². The number of carbonyl (C=O) groups is 1. The van der Waals surface area contributed by atoms with E-state index >= 15 is 0 Å². The minimum Gasteiger partial charge on any atom is -0.466 e. The van der Waals surface area contributed by atoms with E-state index in [4.69, 9.17) is 4.42 Å². The maximum atomic E-state index is 12.3. The molecule has 1 aromatic heterocycles. The molecular weight excluding hydrogens is 250 g/mol. The normalized spacial score (nSPS) is 12.2. The smallest absolute Gasteiger partial charge is 0.259 e. The van der Waals surface area contributed by atoms with Crippen LogP contribution in [0.15, 0.2) is 34.7 Å². The lowest BCUT2D eigenvalue weighted by atomic mass is 9.97. The van der Waals surface area contributed by atoms with E-state index < -0.39 is 0 Å². The first-order valence-electron chi connectivity index (χ1n) is 7.00. The molecule has 0 aliphatic heterocycles. The van der Waals surface area contributed by atoms with Crippen LogP contribution in [-0.4, -0.2) is 5.91 Å². The number of aryl methyl sites for hydroxylation is 2. The van der Waals surface area contributed by atoms with Crippen LogP contribution in [0.2, 0.25) is 0 Å². The number of furan rings is 1. The van der Waals surface area contributed by atoms with Gasteiger partial charge in [0.25, 0.3) is 5.91 Å². The molecule has 1 heterocycles. The van der Waals surface area contributed by atoms with Gasteiger partial charge in [-0.15, -0.1) is 0 Å². The Morgan fingerprint density at radius 3 is 2.60 bits per heavy atom. The lowest BCUT2D eigenvalue weighted by molar-refractivity contribution is 0.102. The number of hydrogen-bond acceptors (Lipinski definition) is 2. The van der Waals surface area contributed by atoms with Crippen LogP contribution in [-0.2, 0) is 0 Å². The SMILES string of the molecule is CCC(C)c1ccccc1NC(=O)c1cc(C)oc1C. The van der Waals surface area contributed by atoms with Crippen molar-refractivity contribution in [3.8, 4) is 0 Å². The Bertz CT molecular complexity index is 613. The van der Waals surface area contributed by atoms with Crippen molar-refractivity contribution in [2.24, 2.45) is 0 Å². The summed E-state index contributed by atoms with van der Waals surface area (Å²) in [6, 6.07) is 9.73. The zero-order valence-electron chi connectivity index (χ0n) is 12.5. The molecule has 2 aromatic rings. The van der Waals surface area contributed by atoms with Crippen molar-refractivity contribution < 1.29 is 9.21 Å². The summed E-state index contributed by atoms with van der Waals surface area (Å²) in [7, 11) is 0. The molecule has 0 bridgehead atoms. The number of carbonyl (C=O) groups excluding carboxylic acids is 1. The molecule has 0 radical (unpaired) electrons. The van der Waals surface area contributed by atoms with Crippen LogP contribution in [0, 0.1) is 13.8 Å². The second-order valence-corrected chi connectivity index (χ2v) is 5.18. The van der Waals surface area contributed by atoms with Crippen LogP contribution < -0.4 is 5.32 Å². The van der Waals surface area contributed by atoms with Gasteiger partial charge in [-0.25, -0.2) is 0 Å². The van der Waals surface area contributed by atoms with Crippen molar-refractivity contribution >= 4 is 11.6 Å². The number of amides is 1. The van der Waals surface area contributed by atoms with E-state index in [-0.39, 0.29) is 5.91 Å². The summed E-state index contributed by atoms with van der Waals surface area (Å²) >= 11 is 0. The number of nitrogens with one attached hydrogen (secondary N) is 1. The van der Waals surface area contributed by atoms with Crippen molar-refractivity contribution in [1.82, 2.24) is 0 Å². The standard InChI is InChI=1S/C17H21NO2/c1-5-11(2)14-8-6-7-9-16(14)18-17(19)15-10-12(3)20-13(15)4/h6-11H,5H2,1-4H3,(H,18,19). The molecule has 1 N–H and O–H groups in total. The molecule has 0 aliphatic carbocycles. The Balaban J connectivity index is 2.26. The molecular formula is C17H21NO2. The quantitative estimate of drug-likeness (QED) is 0.878. The molecule has 0 saturated heterocycles. The first-order valence-corrected chi connectivity index (χ1v) is 7.00. The van der Waals surface area contributed by atoms with Gasteiger partial charge in [-0.05, 0) is 43.9 Å². The molecule has 2 rings (SSSR count). The van der Waals surface area contributed by atoms with Crippen LogP contribution in [0.1, 0.15) is 53.6 Å². The Morgan fingerprint density at radius 1 is 1.30 bits per heavy atom. The predicted molar refractivity (Wildman–Crippen MR) is 81.3 cm³/mol. The van der Waals surface area contributed by atoms with Crippen molar-refractivity contribution in [1.29, 1.82) is 0 Å². The number of hydrogen-bond donors (Lipinski definition) is 1. The summed E-state index contributed by atoms with van der Waals surface area (Å²) < 4.78 is 5.41. The molecule has 0 spiro atoms. The van der Waals surface area contributed by atoms with Gasteiger partial charge in [-0.3, -0.25) is 4.79 Å². The van der Waals surface area contributed by atoms with Crippen LogP contribution in [0.5, 0.6) is 0 Å². The molecule has 0 saturated carbocycles. The van der Waals surface area contributed by atoms with E-state index in [1.807, 2.05) is 32.0 Å². The van der Waals surface area contributed by atoms with Gasteiger partial charge >= 0.3 is 0 Å². The van der Waals surface area contributed by atoms with Gasteiger partial charge in [-0.1, -0.05) is 32.0 Å². The summed E-state index contributed by atoms with van der Waals surface area (Å²) in [6.07, 6.45) is 1.04. The molecule has 1 atom stereocenters. The lowest BCUT2D eigenvalue weighted by Crippen LogP contribution is -2.14. The Morgan fingerprint density at radius 2 is 2.00 bits per heavy atom. The summed E-state index contributed by atoms with van der Waals surface area (Å²) in [4.78, 5) is 12.3. The number of rotatable bonds is 4. The summed E-state index contributed by atoms with van der Waals surface area (Å²) in [5.41, 5.74) is 2.65. The highest BCUT2D eigenvalue weighted by molar-refractivity contribution is 6.05. The van der Waals surface area contributed by atoms with Gasteiger partial charge in [0.15, 0.2) is 0 Å². The highest BCUT2D eigenvalue weighted by Crippen LogP contribution is 2.27. The molecule has 20 heavy (non-hydrogen) atoms. The molecule has 3 heteroatoms. The van der Waals surface area contributed by atoms with E-state index in [0.29, 0.717) is 17.2 Å². The monoisotopic (exact) mass is 271 g/mol. The maximum absolute atomic E-state index is 12.3. The van der Waals surface area contributed by atoms with Gasteiger partial charge in [0.05, 0.1) is 5.56 Å². The molecule has 3 nitrogen and oxygen atoms in total. The summed E-state index contributed by atoms with van der Waals surface area (Å²) in [6.45, 7) is 7.96. The van der Waals surface area contributed by atoms with Crippen LogP contribution in [0.4, 0.5) is 5.69 Å². The Hall–Kier alpha value is -2.03. The van der Waals surface area contributed by atoms with Crippen molar-refractivity contribution in [2.75, 3.05) is 5.32 Å².